The molecule has 2 amide bonds. The zero-order chi connectivity index (χ0) is 32.8. The number of sulfonamides is 1. The van der Waals surface area contributed by atoms with E-state index in [1.54, 1.807) is 11.0 Å². The summed E-state index contributed by atoms with van der Waals surface area (Å²) in [7, 11) is -4.16. The first kappa shape index (κ1) is 33.9. The van der Waals surface area contributed by atoms with Gasteiger partial charge < -0.3 is 20.4 Å². The highest BCUT2D eigenvalue weighted by molar-refractivity contribution is 7.89. The number of para-hydroxylation sites is 1. The van der Waals surface area contributed by atoms with Gasteiger partial charge in [-0.05, 0) is 56.9 Å². The normalized spacial score (nSPS) is 17.9. The van der Waals surface area contributed by atoms with Crippen molar-refractivity contribution in [3.63, 3.8) is 0 Å². The maximum absolute atomic E-state index is 14.0. The largest absolute Gasteiger partial charge is 0.487 e. The lowest BCUT2D eigenvalue weighted by atomic mass is 10.0. The molecule has 2 fully saturated rings. The Balaban J connectivity index is 1.25. The number of aromatic nitrogens is 1. The Morgan fingerprint density at radius 3 is 2.65 bits per heavy atom. The van der Waals surface area contributed by atoms with Gasteiger partial charge in [-0.25, -0.2) is 19.2 Å². The van der Waals surface area contributed by atoms with Crippen LogP contribution < -0.4 is 21.3 Å². The molecule has 2 aliphatic heterocycles. The first-order valence-electron chi connectivity index (χ1n) is 15.1. The number of nitrogens with two attached hydrogens (primary N) is 1. The minimum Gasteiger partial charge on any atom is -0.487 e. The second-order valence-corrected chi connectivity index (χ2v) is 13.9. The topological polar surface area (TPSA) is 159 Å². The molecular formula is C31H37Cl2N7O5S. The molecule has 0 bridgehead atoms. The average Bonchev–Trinajstić information content (AvgIpc) is 3.55. The first-order valence-corrected chi connectivity index (χ1v) is 17.3. The zero-order valence-corrected chi connectivity index (χ0v) is 27.7. The minimum atomic E-state index is -4.16. The van der Waals surface area contributed by atoms with Crippen molar-refractivity contribution in [1.29, 1.82) is 0 Å². The maximum atomic E-state index is 14.0. The molecule has 1 atom stereocenters. The van der Waals surface area contributed by atoms with E-state index in [0.717, 1.165) is 11.1 Å². The molecule has 12 nitrogen and oxygen atoms in total. The number of carbonyl (C=O) groups excluding carboxylic acids is 2. The lowest BCUT2D eigenvalue weighted by Crippen LogP contribution is -2.52. The Kier molecular flexibility index (Phi) is 11.0. The molecule has 3 aromatic rings. The number of likely N-dealkylation sites (tertiary alicyclic amines) is 1. The summed E-state index contributed by atoms with van der Waals surface area (Å²) in [6.07, 6.45) is 3.66. The van der Waals surface area contributed by atoms with Crippen molar-refractivity contribution in [2.75, 3.05) is 26.2 Å². The van der Waals surface area contributed by atoms with Crippen LogP contribution in [-0.2, 0) is 26.2 Å². The number of hydrazine groups is 1. The summed E-state index contributed by atoms with van der Waals surface area (Å²) in [5.41, 5.74) is 4.12. The highest BCUT2D eigenvalue weighted by Gasteiger charge is 2.41. The number of piperidine rings is 1. The van der Waals surface area contributed by atoms with E-state index in [0.29, 0.717) is 62.1 Å². The van der Waals surface area contributed by atoms with Gasteiger partial charge in [-0.3, -0.25) is 14.6 Å². The number of amides is 2. The number of aryl methyl sites for hydroxylation is 1. The molecule has 46 heavy (non-hydrogen) atoms. The Morgan fingerprint density at radius 1 is 1.11 bits per heavy atom. The number of rotatable bonds is 11. The summed E-state index contributed by atoms with van der Waals surface area (Å²) in [6.45, 7) is 3.31. The Bertz CT molecular complexity index is 1730. The fourth-order valence-electron chi connectivity index (χ4n) is 5.81. The molecule has 0 spiro atoms. The van der Waals surface area contributed by atoms with Crippen molar-refractivity contribution in [3.8, 4) is 5.75 Å². The summed E-state index contributed by atoms with van der Waals surface area (Å²) < 4.78 is 35.2. The smallest absolute Gasteiger partial charge is 0.245 e. The quantitative estimate of drug-likeness (QED) is 0.119. The molecule has 4 N–H and O–H groups in total. The van der Waals surface area contributed by atoms with Crippen LogP contribution in [0.15, 0.2) is 52.4 Å². The van der Waals surface area contributed by atoms with Crippen molar-refractivity contribution in [1.82, 2.24) is 24.9 Å². The van der Waals surface area contributed by atoms with Crippen molar-refractivity contribution in [3.05, 3.63) is 63.8 Å². The van der Waals surface area contributed by atoms with Gasteiger partial charge in [0.05, 0.1) is 11.4 Å². The van der Waals surface area contributed by atoms with Gasteiger partial charge in [0.25, 0.3) is 0 Å². The van der Waals surface area contributed by atoms with Gasteiger partial charge >= 0.3 is 0 Å². The number of nitrogens with one attached hydrogen (secondary N) is 2. The molecule has 2 aromatic carbocycles. The lowest BCUT2D eigenvalue weighted by Gasteiger charge is -2.33. The fraction of sp³-hybridized carbons (Fsp3) is 0.419. The van der Waals surface area contributed by atoms with Crippen LogP contribution in [0, 0.1) is 6.92 Å². The Labute approximate surface area is 278 Å². The van der Waals surface area contributed by atoms with Crippen LogP contribution >= 0.6 is 23.2 Å². The molecule has 5 rings (SSSR count). The van der Waals surface area contributed by atoms with Gasteiger partial charge in [0, 0.05) is 60.3 Å². The highest BCUT2D eigenvalue weighted by Crippen LogP contribution is 2.36. The number of hydrogen-bond acceptors (Lipinski definition) is 8. The zero-order valence-electron chi connectivity index (χ0n) is 25.4. The Morgan fingerprint density at radius 2 is 1.89 bits per heavy atom. The van der Waals surface area contributed by atoms with Crippen LogP contribution in [0.5, 0.6) is 5.75 Å². The standard InChI is InChI=1S/C31H37Cl2N7O5S/c1-20-7-8-21-4-2-6-26(30(21)37-20)45-18-23-24(32)9-10-27(29(23)33)46(43,44)40-15-3-5-25(40)31(42)38-22-12-16-39(17-13-22)28(41)11-14-35-19-36-34/h2,4,6-10,19,22,25H,3,5,11-18,34H2,1H3,(H,35,36)(H,38,42)/t25-/m0/s1. The summed E-state index contributed by atoms with van der Waals surface area (Å²) in [5, 5.41) is 4.12. The Hall–Kier alpha value is -3.49. The minimum absolute atomic E-state index is 0.0134. The molecule has 0 unspecified atom stereocenters. The van der Waals surface area contributed by atoms with E-state index >= 15 is 0 Å². The third kappa shape index (κ3) is 7.55. The van der Waals surface area contributed by atoms with Crippen LogP contribution in [0.4, 0.5) is 0 Å². The van der Waals surface area contributed by atoms with E-state index < -0.39 is 16.1 Å². The number of carbonyl (C=O) groups is 2. The van der Waals surface area contributed by atoms with Gasteiger partial charge in [-0.2, -0.15) is 4.31 Å². The second kappa shape index (κ2) is 14.9. The third-order valence-corrected chi connectivity index (χ3v) is 11.1. The molecule has 0 aliphatic carbocycles. The second-order valence-electron chi connectivity index (χ2n) is 11.3. The SMILES string of the molecule is Cc1ccc2cccc(OCc3c(Cl)ccc(S(=O)(=O)N4CCC[C@H]4C(=O)NC4CCN(C(=O)CCN=CNN)CC4)c3Cl)c2n1. The molecule has 2 saturated heterocycles. The van der Waals surface area contributed by atoms with Crippen LogP contribution in [0.2, 0.25) is 10.0 Å². The number of halogens is 2. The average molecular weight is 691 g/mol. The van der Waals surface area contributed by atoms with Crippen molar-refractivity contribution in [2.24, 2.45) is 10.8 Å². The van der Waals surface area contributed by atoms with E-state index in [1.807, 2.05) is 31.2 Å². The molecular weight excluding hydrogens is 653 g/mol. The lowest BCUT2D eigenvalue weighted by molar-refractivity contribution is -0.132. The summed E-state index contributed by atoms with van der Waals surface area (Å²) in [4.78, 5) is 36.0. The highest BCUT2D eigenvalue weighted by atomic mass is 35.5. The van der Waals surface area contributed by atoms with Crippen LogP contribution in [0.25, 0.3) is 10.9 Å². The van der Waals surface area contributed by atoms with Crippen LogP contribution in [-0.4, -0.2) is 79.0 Å². The van der Waals surface area contributed by atoms with E-state index in [4.69, 9.17) is 33.8 Å². The number of nitrogens with zero attached hydrogens (tertiary/aromatic N) is 4. The van der Waals surface area contributed by atoms with E-state index in [9.17, 15) is 18.0 Å². The molecule has 2 aliphatic rings. The van der Waals surface area contributed by atoms with E-state index in [-0.39, 0.29) is 52.4 Å². The molecule has 3 heterocycles. The number of hydrogen-bond donors (Lipinski definition) is 3. The van der Waals surface area contributed by atoms with Crippen LogP contribution in [0.1, 0.15) is 43.4 Å². The maximum Gasteiger partial charge on any atom is 0.245 e. The third-order valence-electron chi connectivity index (χ3n) is 8.25. The number of pyridine rings is 1. The fourth-order valence-corrected chi connectivity index (χ4v) is 8.33. The van der Waals surface area contributed by atoms with E-state index in [1.165, 1.54) is 22.8 Å². The number of ether oxygens (including phenoxy) is 1. The van der Waals surface area contributed by atoms with Gasteiger partial charge in [-0.1, -0.05) is 41.4 Å². The molecule has 0 radical (unpaired) electrons. The van der Waals surface area contributed by atoms with Gasteiger partial charge in [-0.15, -0.1) is 0 Å². The predicted molar refractivity (Wildman–Crippen MR) is 177 cm³/mol. The van der Waals surface area contributed by atoms with Gasteiger partial charge in [0.2, 0.25) is 21.8 Å². The number of benzene rings is 2. The van der Waals surface area contributed by atoms with Crippen molar-refractivity contribution >= 4 is 62.3 Å². The monoisotopic (exact) mass is 689 g/mol. The number of aliphatic imine (C=N–C) groups is 1. The van der Waals surface area contributed by atoms with Crippen LogP contribution in [0.3, 0.4) is 0 Å². The molecule has 246 valence electrons. The summed E-state index contributed by atoms with van der Waals surface area (Å²) in [6, 6.07) is 11.2. The van der Waals surface area contributed by atoms with Gasteiger partial charge in [0.15, 0.2) is 0 Å². The first-order chi connectivity index (χ1) is 22.1. The summed E-state index contributed by atoms with van der Waals surface area (Å²) in [5.74, 6) is 5.28. The van der Waals surface area contributed by atoms with E-state index in [2.05, 4.69) is 20.7 Å². The number of fused-ring (bicyclic) bond motifs is 1. The van der Waals surface area contributed by atoms with Crippen molar-refractivity contribution < 1.29 is 22.7 Å². The molecule has 1 aromatic heterocycles. The molecule has 0 saturated carbocycles. The van der Waals surface area contributed by atoms with Gasteiger partial charge in [0.1, 0.15) is 28.8 Å². The summed E-state index contributed by atoms with van der Waals surface area (Å²) >= 11 is 13.2. The van der Waals surface area contributed by atoms with Crippen molar-refractivity contribution in [2.45, 2.75) is 62.6 Å². The predicted octanol–water partition coefficient (Wildman–Crippen LogP) is 3.57. The molecule has 15 heteroatoms.